The minimum absolute atomic E-state index is 0.0313. The summed E-state index contributed by atoms with van der Waals surface area (Å²) < 4.78 is 69.4. The van der Waals surface area contributed by atoms with Crippen molar-refractivity contribution < 1.29 is 90.9 Å². The molecule has 2 aliphatic heterocycles. The summed E-state index contributed by atoms with van der Waals surface area (Å²) in [6.45, 7) is 7.45. The number of aromatic carboxylic acids is 1. The fourth-order valence-corrected chi connectivity index (χ4v) is 16.7. The number of carboxylic acid groups (broad SMARTS) is 2. The molecule has 6 aromatic rings. The number of para-hydroxylation sites is 1. The van der Waals surface area contributed by atoms with Crippen molar-refractivity contribution in [3.05, 3.63) is 102 Å². The van der Waals surface area contributed by atoms with E-state index in [1.54, 1.807) is 30.3 Å². The van der Waals surface area contributed by atoms with Crippen LogP contribution in [0.15, 0.2) is 79.0 Å². The zero-order valence-corrected chi connectivity index (χ0v) is 53.9. The predicted octanol–water partition coefficient (Wildman–Crippen LogP) is 5.62. The molecule has 0 radical (unpaired) electrons. The van der Waals surface area contributed by atoms with Crippen LogP contribution in [-0.4, -0.2) is 194 Å². The number of aromatic nitrogens is 4. The van der Waals surface area contributed by atoms with Crippen LogP contribution in [0.4, 0.5) is 20.4 Å². The van der Waals surface area contributed by atoms with Gasteiger partial charge < -0.3 is 69.9 Å². The topological polar surface area (TPSA) is 396 Å². The largest absolute Gasteiger partial charge is 0.491 e. The number of thiazole rings is 1. The van der Waals surface area contributed by atoms with Gasteiger partial charge in [0.2, 0.25) is 12.2 Å². The van der Waals surface area contributed by atoms with Crippen molar-refractivity contribution in [2.75, 3.05) is 69.1 Å². The van der Waals surface area contributed by atoms with Crippen LogP contribution in [0.2, 0.25) is 0 Å². The van der Waals surface area contributed by atoms with Crippen molar-refractivity contribution >= 4 is 72.5 Å². The average molecular weight is 1340 g/mol. The number of aliphatic carboxylic acids is 1. The van der Waals surface area contributed by atoms with E-state index in [0.29, 0.717) is 46.2 Å². The lowest BCUT2D eigenvalue weighted by atomic mass is 9.39. The summed E-state index contributed by atoms with van der Waals surface area (Å²) in [7, 11) is -2.90. The zero-order valence-electron chi connectivity index (χ0n) is 52.3. The van der Waals surface area contributed by atoms with Crippen LogP contribution < -0.4 is 30.7 Å². The molecule has 8 atom stereocenters. The molecule has 4 saturated carbocycles. The molecular formula is C64H77N9O19S2. The van der Waals surface area contributed by atoms with Crippen molar-refractivity contribution in [2.45, 2.75) is 128 Å². The van der Waals surface area contributed by atoms with Crippen molar-refractivity contribution in [1.82, 2.24) is 30.0 Å². The summed E-state index contributed by atoms with van der Waals surface area (Å²) in [4.78, 5) is 76.9. The summed E-state index contributed by atoms with van der Waals surface area (Å²) >= 11 is 1.40. The molecule has 2 unspecified atom stereocenters. The van der Waals surface area contributed by atoms with E-state index in [4.69, 9.17) is 48.8 Å². The Kier molecular flexibility index (Phi) is 19.4. The Bertz CT molecular complexity index is 3930. The predicted molar refractivity (Wildman–Crippen MR) is 340 cm³/mol. The number of aliphatic hydroxyl groups excluding tert-OH is 3. The van der Waals surface area contributed by atoms with Gasteiger partial charge in [-0.15, -0.1) is 0 Å². The lowest BCUT2D eigenvalue weighted by Crippen LogP contribution is -2.64. The molecule has 504 valence electrons. The first-order chi connectivity index (χ1) is 44.6. The number of aliphatic hydroxyl groups is 3. The summed E-state index contributed by atoms with van der Waals surface area (Å²) in [6.07, 6.45) is -1.49. The molecular weight excluding hydrogens is 1260 g/mol. The molecule has 4 amide bonds. The highest BCUT2D eigenvalue weighted by Gasteiger charge is 2.66. The van der Waals surface area contributed by atoms with Gasteiger partial charge in [0.25, 0.3) is 10.1 Å². The van der Waals surface area contributed by atoms with E-state index < -0.39 is 82.2 Å². The molecule has 6 aliphatic rings. The van der Waals surface area contributed by atoms with E-state index in [1.807, 2.05) is 54.1 Å². The molecule has 0 spiro atoms. The van der Waals surface area contributed by atoms with E-state index in [1.165, 1.54) is 34.4 Å². The first-order valence-electron chi connectivity index (χ1n) is 30.9. The Morgan fingerprint density at radius 1 is 0.883 bits per heavy atom. The maximum atomic E-state index is 13.8. The number of hydrogen-bond donors (Lipinski definition) is 9. The highest BCUT2D eigenvalue weighted by molar-refractivity contribution is 7.85. The Morgan fingerprint density at radius 2 is 1.65 bits per heavy atom. The quantitative estimate of drug-likeness (QED) is 0.0248. The van der Waals surface area contributed by atoms with Crippen LogP contribution in [-0.2, 0) is 58.2 Å². The number of pyridine rings is 1. The average Bonchev–Trinajstić information content (AvgIpc) is 0.700. The van der Waals surface area contributed by atoms with Crippen LogP contribution in [0.25, 0.3) is 32.6 Å². The van der Waals surface area contributed by atoms with Crippen molar-refractivity contribution in [3.63, 3.8) is 0 Å². The minimum atomic E-state index is -4.49. The van der Waals surface area contributed by atoms with Crippen LogP contribution in [0.5, 0.6) is 11.5 Å². The third-order valence-electron chi connectivity index (χ3n) is 18.2. The monoisotopic (exact) mass is 1340 g/mol. The van der Waals surface area contributed by atoms with Gasteiger partial charge in [0.15, 0.2) is 16.9 Å². The van der Waals surface area contributed by atoms with Gasteiger partial charge in [-0.3, -0.25) is 24.2 Å². The number of carboxylic acids is 2. The molecule has 94 heavy (non-hydrogen) atoms. The maximum Gasteiger partial charge on any atom is 0.409 e. The number of anilines is 2. The molecule has 1 saturated heterocycles. The Balaban J connectivity index is 0.722. The normalized spacial score (nSPS) is 25.7. The smallest absolute Gasteiger partial charge is 0.409 e. The van der Waals surface area contributed by atoms with Crippen molar-refractivity contribution in [1.29, 1.82) is 0 Å². The van der Waals surface area contributed by atoms with Gasteiger partial charge in [-0.05, 0) is 123 Å². The van der Waals surface area contributed by atoms with Gasteiger partial charge in [0.05, 0.1) is 53.3 Å². The van der Waals surface area contributed by atoms with Crippen molar-refractivity contribution in [2.24, 2.45) is 22.0 Å². The summed E-state index contributed by atoms with van der Waals surface area (Å²) in [6, 6.07) is 19.5. The molecule has 3 aromatic carbocycles. The first-order valence-corrected chi connectivity index (χ1v) is 33.3. The number of rotatable bonds is 25. The SMILES string of the molecule is Cc1c(-c2ccc(-c3ccc4c(c3)N(C(=O)Nc3nc5ccccc5s3)CCC4)nc2C(=O)O)cnn1CC12CC3(C)CC(C)(C1)CC(OCCN(C)C(=O)OCc1ccc(O[C@@H]4O[C@H](C(=O)O)[C@@H](O)[C@H](O)[C@H]4O)cc1OCCOCCNC(=O)[C@@H](N)CS(=O)(=O)O)(C3)C2. The maximum absolute atomic E-state index is 13.8. The Labute approximate surface area is 545 Å². The number of aryl methyl sites for hydroxylation is 1. The summed E-state index contributed by atoms with van der Waals surface area (Å²) in [5, 5.41) is 62.2. The number of nitrogens with two attached hydrogens (primary N) is 1. The van der Waals surface area contributed by atoms with Gasteiger partial charge in [0, 0.05) is 72.9 Å². The van der Waals surface area contributed by atoms with E-state index >= 15 is 0 Å². The van der Waals surface area contributed by atoms with Crippen LogP contribution in [0, 0.1) is 23.2 Å². The van der Waals surface area contributed by atoms with Crippen molar-refractivity contribution in [3.8, 4) is 33.9 Å². The second kappa shape index (κ2) is 27.1. The van der Waals surface area contributed by atoms with Crippen LogP contribution in [0.3, 0.4) is 0 Å². The number of hydrogen-bond acceptors (Lipinski definition) is 21. The van der Waals surface area contributed by atoms with Gasteiger partial charge in [0.1, 0.15) is 49.1 Å². The molecule has 12 rings (SSSR count). The third kappa shape index (κ3) is 14.9. The summed E-state index contributed by atoms with van der Waals surface area (Å²) in [5.74, 6) is -4.52. The van der Waals surface area contributed by atoms with Gasteiger partial charge in [-0.25, -0.2) is 29.1 Å². The molecule has 28 nitrogen and oxygen atoms in total. The number of nitrogens with one attached hydrogen (secondary N) is 2. The van der Waals surface area contributed by atoms with E-state index in [9.17, 15) is 57.9 Å². The molecule has 5 heterocycles. The number of carbonyl (C=O) groups excluding carboxylic acids is 3. The number of likely N-dealkylation sites (N-methyl/N-ethyl adjacent to an activating group) is 1. The Morgan fingerprint density at radius 3 is 2.38 bits per heavy atom. The fourth-order valence-electron chi connectivity index (χ4n) is 15.2. The number of benzene rings is 3. The molecule has 10 N–H and O–H groups in total. The van der Waals surface area contributed by atoms with Gasteiger partial charge in [-0.2, -0.15) is 13.5 Å². The fraction of sp³-hybridized carbons (Fsp3) is 0.500. The Hall–Kier alpha value is -7.91. The molecule has 3 aromatic heterocycles. The molecule has 4 aliphatic carbocycles. The highest BCUT2D eigenvalue weighted by atomic mass is 32.2. The highest BCUT2D eigenvalue weighted by Crippen LogP contribution is 2.72. The van der Waals surface area contributed by atoms with Crippen LogP contribution in [0.1, 0.15) is 86.1 Å². The zero-order chi connectivity index (χ0) is 67.1. The van der Waals surface area contributed by atoms with Gasteiger partial charge >= 0.3 is 24.1 Å². The summed E-state index contributed by atoms with van der Waals surface area (Å²) in [5.41, 5.74) is 10.4. The van der Waals surface area contributed by atoms with E-state index in [2.05, 4.69) is 29.5 Å². The number of nitrogens with zero attached hydrogens (tertiary/aromatic N) is 6. The lowest BCUT2D eigenvalue weighted by Gasteiger charge is -2.69. The lowest BCUT2D eigenvalue weighted by molar-refractivity contribution is -0.271. The second-order valence-corrected chi connectivity index (χ2v) is 28.7. The number of carbonyl (C=O) groups is 5. The second-order valence-electron chi connectivity index (χ2n) is 26.1. The molecule has 30 heteroatoms. The standard InChI is InChI=1S/C64H77N9O19S2/c1-36-42(41-15-16-44(68-49(41)55(78)79)38-12-11-37-8-7-18-72(46(37)24-38)59(82)70-58-69-45-9-5-6-10-48(45)93-58)26-67-73(36)35-63-30-61(2)29-62(3,31-63)33-64(32-61,34-63)90-21-19-71(4)60(83)89-27-39-13-14-40(91-57-52(76)50(74)51(75)53(92-57)56(80)81)25-47(39)88-23-22-87-20-17-66-54(77)43(65)28-94(84,85)86/h5-6,9-16,24-26,43,50-53,57,74-76H,7-8,17-23,27-35,65H2,1-4H3,(H,66,77)(H,78,79)(H,80,81)(H,69,70,82)(H,84,85,86)/t43-,50-,51-,52+,53-,57+,61?,62?,63?,64?/m0/s1. The molecule has 4 bridgehead atoms. The number of amides is 4. The third-order valence-corrected chi connectivity index (χ3v) is 20.0. The number of urea groups is 1. The molecule has 5 fully saturated rings. The van der Waals surface area contributed by atoms with Crippen LogP contribution >= 0.6 is 11.3 Å². The number of fused-ring (bicyclic) bond motifs is 2. The minimum Gasteiger partial charge on any atom is -0.491 e. The van der Waals surface area contributed by atoms with Gasteiger partial charge in [-0.1, -0.05) is 49.4 Å². The van der Waals surface area contributed by atoms with E-state index in [-0.39, 0.29) is 85.6 Å². The first kappa shape index (κ1) is 67.5. The van der Waals surface area contributed by atoms with E-state index in [0.717, 1.165) is 78.5 Å². The number of ether oxygens (including phenoxy) is 6.